The first-order valence-electron chi connectivity index (χ1n) is 11.5. The highest BCUT2D eigenvalue weighted by Gasteiger charge is 2.37. The summed E-state index contributed by atoms with van der Waals surface area (Å²) in [7, 11) is 0. The molecule has 3 heterocycles. The van der Waals surface area contributed by atoms with E-state index < -0.39 is 17.8 Å². The largest absolute Gasteiger partial charge is 0.461 e. The molecule has 7 nitrogen and oxygen atoms in total. The van der Waals surface area contributed by atoms with Crippen LogP contribution in [0.3, 0.4) is 0 Å². The van der Waals surface area contributed by atoms with Gasteiger partial charge >= 0.3 is 5.97 Å². The molecule has 0 saturated carbocycles. The molecule has 2 saturated heterocycles. The molecular weight excluding hydrogens is 481 g/mol. The molecule has 0 aliphatic carbocycles. The van der Waals surface area contributed by atoms with E-state index in [2.05, 4.69) is 4.98 Å². The number of rotatable bonds is 5. The van der Waals surface area contributed by atoms with Crippen molar-refractivity contribution in [2.75, 3.05) is 19.6 Å². The average molecular weight is 508 g/mol. The number of carbonyl (C=O) groups is 3. The lowest BCUT2D eigenvalue weighted by atomic mass is 9.97. The molecule has 2 fully saturated rings. The second-order valence-electron chi connectivity index (χ2n) is 8.88. The van der Waals surface area contributed by atoms with Crippen LogP contribution >= 0.6 is 22.9 Å². The van der Waals surface area contributed by atoms with Crippen molar-refractivity contribution in [1.29, 1.82) is 0 Å². The van der Waals surface area contributed by atoms with E-state index in [1.165, 1.54) is 29.5 Å². The summed E-state index contributed by atoms with van der Waals surface area (Å²) in [6, 6.07) is 3.64. The Kier molecular flexibility index (Phi) is 7.52. The molecule has 10 heteroatoms. The predicted molar refractivity (Wildman–Crippen MR) is 127 cm³/mol. The molecule has 34 heavy (non-hydrogen) atoms. The summed E-state index contributed by atoms with van der Waals surface area (Å²) in [6.45, 7) is 4.98. The highest BCUT2D eigenvalue weighted by atomic mass is 35.5. The van der Waals surface area contributed by atoms with Crippen LogP contribution in [0.4, 0.5) is 4.39 Å². The van der Waals surface area contributed by atoms with E-state index in [4.69, 9.17) is 16.3 Å². The van der Waals surface area contributed by atoms with Crippen molar-refractivity contribution in [3.05, 3.63) is 50.7 Å². The van der Waals surface area contributed by atoms with Crippen molar-refractivity contribution in [3.63, 3.8) is 0 Å². The highest BCUT2D eigenvalue weighted by Crippen LogP contribution is 2.32. The zero-order valence-corrected chi connectivity index (χ0v) is 20.7. The number of piperidine rings is 1. The maximum atomic E-state index is 14.1. The Balaban J connectivity index is 1.38. The topological polar surface area (TPSA) is 79.8 Å². The van der Waals surface area contributed by atoms with E-state index in [1.54, 1.807) is 29.0 Å². The summed E-state index contributed by atoms with van der Waals surface area (Å²) in [4.78, 5) is 46.0. The fraction of sp³-hybridized carbons (Fsp3) is 0.500. The second kappa shape index (κ2) is 10.4. The van der Waals surface area contributed by atoms with Crippen LogP contribution in [-0.2, 0) is 9.53 Å². The number of halogens is 2. The maximum absolute atomic E-state index is 14.1. The van der Waals surface area contributed by atoms with Gasteiger partial charge in [0.25, 0.3) is 11.8 Å². The van der Waals surface area contributed by atoms with Gasteiger partial charge in [0.1, 0.15) is 17.6 Å². The molecular formula is C24H27ClFN3O4S. The SMILES string of the molecule is CC(C)OC(=O)C1CCCN1C(=O)c1csc(C2CCN(C(=O)c3c(F)cccc3Cl)CC2)n1. The zero-order valence-electron chi connectivity index (χ0n) is 19.1. The first-order chi connectivity index (χ1) is 16.3. The number of carbonyl (C=O) groups excluding carboxylic acids is 3. The van der Waals surface area contributed by atoms with Gasteiger partial charge in [-0.25, -0.2) is 14.2 Å². The third-order valence-electron chi connectivity index (χ3n) is 6.19. The molecule has 1 unspecified atom stereocenters. The van der Waals surface area contributed by atoms with Crippen molar-refractivity contribution < 1.29 is 23.5 Å². The van der Waals surface area contributed by atoms with Crippen molar-refractivity contribution in [2.45, 2.75) is 57.6 Å². The first-order valence-corrected chi connectivity index (χ1v) is 12.7. The number of nitrogens with zero attached hydrogens (tertiary/aromatic N) is 3. The van der Waals surface area contributed by atoms with Gasteiger partial charge < -0.3 is 14.5 Å². The van der Waals surface area contributed by atoms with Gasteiger partial charge in [0, 0.05) is 30.9 Å². The average Bonchev–Trinajstić information content (AvgIpc) is 3.48. The van der Waals surface area contributed by atoms with Crippen molar-refractivity contribution in [3.8, 4) is 0 Å². The number of amides is 2. The third-order valence-corrected chi connectivity index (χ3v) is 7.51. The molecule has 1 atom stereocenters. The molecule has 0 radical (unpaired) electrons. The number of hydrogen-bond acceptors (Lipinski definition) is 6. The second-order valence-corrected chi connectivity index (χ2v) is 10.2. The smallest absolute Gasteiger partial charge is 0.329 e. The van der Waals surface area contributed by atoms with Gasteiger partial charge in [0.15, 0.2) is 0 Å². The Morgan fingerprint density at radius 3 is 2.56 bits per heavy atom. The minimum absolute atomic E-state index is 0.0964. The van der Waals surface area contributed by atoms with Crippen LogP contribution in [-0.4, -0.2) is 64.3 Å². The fourth-order valence-electron chi connectivity index (χ4n) is 4.48. The van der Waals surface area contributed by atoms with Crippen molar-refractivity contribution in [2.24, 2.45) is 0 Å². The Morgan fingerprint density at radius 1 is 1.15 bits per heavy atom. The van der Waals surface area contributed by atoms with E-state index in [9.17, 15) is 18.8 Å². The van der Waals surface area contributed by atoms with Crippen LogP contribution in [0, 0.1) is 5.82 Å². The number of likely N-dealkylation sites (tertiary alicyclic amines) is 2. The van der Waals surface area contributed by atoms with Crippen LogP contribution in [0.25, 0.3) is 0 Å². The minimum atomic E-state index is -0.625. The monoisotopic (exact) mass is 507 g/mol. The van der Waals surface area contributed by atoms with Gasteiger partial charge in [0.05, 0.1) is 21.7 Å². The van der Waals surface area contributed by atoms with Gasteiger partial charge in [-0.2, -0.15) is 0 Å². The minimum Gasteiger partial charge on any atom is -0.461 e. The third kappa shape index (κ3) is 5.10. The summed E-state index contributed by atoms with van der Waals surface area (Å²) in [6.07, 6.45) is 2.42. The molecule has 2 aromatic rings. The van der Waals surface area contributed by atoms with E-state index in [-0.39, 0.29) is 34.5 Å². The molecule has 2 aliphatic heterocycles. The van der Waals surface area contributed by atoms with Gasteiger partial charge in [-0.15, -0.1) is 11.3 Å². The molecule has 1 aromatic carbocycles. The maximum Gasteiger partial charge on any atom is 0.329 e. The summed E-state index contributed by atoms with van der Waals surface area (Å²) in [5.41, 5.74) is 0.238. The molecule has 2 aliphatic rings. The number of esters is 1. The Morgan fingerprint density at radius 2 is 1.88 bits per heavy atom. The summed E-state index contributed by atoms with van der Waals surface area (Å²) in [5.74, 6) is -1.56. The van der Waals surface area contributed by atoms with Crippen LogP contribution in [0.1, 0.15) is 71.3 Å². The van der Waals surface area contributed by atoms with Gasteiger partial charge in [-0.1, -0.05) is 17.7 Å². The number of aromatic nitrogens is 1. The lowest BCUT2D eigenvalue weighted by molar-refractivity contribution is -0.152. The number of ether oxygens (including phenoxy) is 1. The number of hydrogen-bond donors (Lipinski definition) is 0. The Bertz CT molecular complexity index is 1060. The van der Waals surface area contributed by atoms with Crippen LogP contribution in [0.15, 0.2) is 23.6 Å². The fourth-order valence-corrected chi connectivity index (χ4v) is 5.68. The normalized spacial score (nSPS) is 19.0. The van der Waals surface area contributed by atoms with Crippen molar-refractivity contribution in [1.82, 2.24) is 14.8 Å². The number of benzene rings is 1. The summed E-state index contributed by atoms with van der Waals surface area (Å²) in [5, 5.41) is 2.67. The van der Waals surface area contributed by atoms with Crippen LogP contribution < -0.4 is 0 Å². The van der Waals surface area contributed by atoms with Gasteiger partial charge in [-0.3, -0.25) is 9.59 Å². The lowest BCUT2D eigenvalue weighted by Gasteiger charge is -2.31. The van der Waals surface area contributed by atoms with E-state index in [1.807, 2.05) is 0 Å². The molecule has 1 aromatic heterocycles. The highest BCUT2D eigenvalue weighted by molar-refractivity contribution is 7.09. The van der Waals surface area contributed by atoms with E-state index in [0.717, 1.165) is 11.4 Å². The predicted octanol–water partition coefficient (Wildman–Crippen LogP) is 4.51. The number of thiazole rings is 1. The zero-order chi connectivity index (χ0) is 24.4. The van der Waals surface area contributed by atoms with Crippen LogP contribution in [0.5, 0.6) is 0 Å². The summed E-state index contributed by atoms with van der Waals surface area (Å²) >= 11 is 7.46. The molecule has 0 bridgehead atoms. The van der Waals surface area contributed by atoms with Crippen LogP contribution in [0.2, 0.25) is 5.02 Å². The quantitative estimate of drug-likeness (QED) is 0.556. The Hall–Kier alpha value is -2.52. The van der Waals surface area contributed by atoms with Crippen molar-refractivity contribution >= 4 is 40.7 Å². The standard InChI is InChI=1S/C24H27ClFN3O4S/c1-14(2)33-24(32)19-7-4-10-29(19)22(30)18-13-34-21(27-18)15-8-11-28(12-9-15)23(31)20-16(25)5-3-6-17(20)26/h3,5-6,13-15,19H,4,7-12H2,1-2H3. The molecule has 0 N–H and O–H groups in total. The van der Waals surface area contributed by atoms with Gasteiger partial charge in [0.2, 0.25) is 0 Å². The van der Waals surface area contributed by atoms with Gasteiger partial charge in [-0.05, 0) is 51.7 Å². The molecule has 4 rings (SSSR count). The first kappa shape index (κ1) is 24.6. The van der Waals surface area contributed by atoms with E-state index in [0.29, 0.717) is 44.6 Å². The molecule has 0 spiro atoms. The summed E-state index contributed by atoms with van der Waals surface area (Å²) < 4.78 is 19.5. The molecule has 2 amide bonds. The van der Waals surface area contributed by atoms with E-state index >= 15 is 0 Å². The lowest BCUT2D eigenvalue weighted by Crippen LogP contribution is -2.42. The molecule has 182 valence electrons. The Labute approximate surface area is 206 Å².